The van der Waals surface area contributed by atoms with Crippen LogP contribution in [-0.4, -0.2) is 55.0 Å². The first-order valence-electron chi connectivity index (χ1n) is 8.36. The van der Waals surface area contributed by atoms with Crippen molar-refractivity contribution in [2.45, 2.75) is 51.5 Å². The summed E-state index contributed by atoms with van der Waals surface area (Å²) in [5.74, 6) is 0.989. The average molecular weight is 281 g/mol. The summed E-state index contributed by atoms with van der Waals surface area (Å²) in [6.45, 7) is 5.91. The van der Waals surface area contributed by atoms with Gasteiger partial charge in [0, 0.05) is 25.0 Å². The summed E-state index contributed by atoms with van der Waals surface area (Å²) >= 11 is 0. The summed E-state index contributed by atoms with van der Waals surface area (Å²) in [5.41, 5.74) is 5.90. The smallest absolute Gasteiger partial charge is 0.226 e. The van der Waals surface area contributed by atoms with E-state index < -0.39 is 0 Å². The molecule has 2 fully saturated rings. The van der Waals surface area contributed by atoms with Gasteiger partial charge in [-0.25, -0.2) is 0 Å². The molecule has 2 aliphatic rings. The molecule has 0 spiro atoms. The largest absolute Gasteiger partial charge is 0.338 e. The van der Waals surface area contributed by atoms with E-state index in [1.165, 1.54) is 12.8 Å². The molecule has 0 aromatic carbocycles. The first-order chi connectivity index (χ1) is 9.67. The van der Waals surface area contributed by atoms with Crippen LogP contribution in [0.4, 0.5) is 0 Å². The highest BCUT2D eigenvalue weighted by Gasteiger charge is 2.35. The molecule has 1 aliphatic heterocycles. The highest BCUT2D eigenvalue weighted by Crippen LogP contribution is 2.32. The average Bonchev–Trinajstić information content (AvgIpc) is 2.67. The molecule has 1 amide bonds. The van der Waals surface area contributed by atoms with Crippen LogP contribution < -0.4 is 5.73 Å². The van der Waals surface area contributed by atoms with E-state index in [-0.39, 0.29) is 5.92 Å². The lowest BCUT2D eigenvalue weighted by molar-refractivity contribution is -0.140. The van der Waals surface area contributed by atoms with Crippen molar-refractivity contribution in [3.05, 3.63) is 0 Å². The Morgan fingerprint density at radius 2 is 1.95 bits per heavy atom. The number of nitrogens with two attached hydrogens (primary N) is 1. The van der Waals surface area contributed by atoms with Crippen LogP contribution in [0.2, 0.25) is 0 Å². The normalized spacial score (nSPS) is 33.0. The van der Waals surface area contributed by atoms with Crippen molar-refractivity contribution in [3.63, 3.8) is 0 Å². The summed E-state index contributed by atoms with van der Waals surface area (Å²) in [4.78, 5) is 17.5. The highest BCUT2D eigenvalue weighted by atomic mass is 16.2. The lowest BCUT2D eigenvalue weighted by Gasteiger charge is -2.37. The second-order valence-electron chi connectivity index (χ2n) is 6.60. The Bertz CT molecular complexity index is 321. The molecule has 4 heteroatoms. The van der Waals surface area contributed by atoms with Crippen molar-refractivity contribution in [1.29, 1.82) is 0 Å². The topological polar surface area (TPSA) is 49.6 Å². The van der Waals surface area contributed by atoms with Gasteiger partial charge >= 0.3 is 0 Å². The molecule has 3 unspecified atom stereocenters. The van der Waals surface area contributed by atoms with Gasteiger partial charge < -0.3 is 15.5 Å². The number of rotatable bonds is 3. The molecule has 3 atom stereocenters. The maximum Gasteiger partial charge on any atom is 0.226 e. The lowest BCUT2D eigenvalue weighted by atomic mass is 9.78. The zero-order valence-corrected chi connectivity index (χ0v) is 13.2. The summed E-state index contributed by atoms with van der Waals surface area (Å²) in [5, 5.41) is 0. The number of nitrogens with zero attached hydrogens (tertiary/aromatic N) is 2. The maximum atomic E-state index is 13.0. The van der Waals surface area contributed by atoms with E-state index in [2.05, 4.69) is 23.8 Å². The molecule has 1 heterocycles. The summed E-state index contributed by atoms with van der Waals surface area (Å²) in [6.07, 6.45) is 6.76. The SMILES string of the molecule is CCC1CN(C)CCCN1C(=O)C1CCCCC1CN. The first kappa shape index (κ1) is 15.8. The maximum absolute atomic E-state index is 13.0. The van der Waals surface area contributed by atoms with E-state index in [1.807, 2.05) is 0 Å². The number of carbonyl (C=O) groups excluding carboxylic acids is 1. The van der Waals surface area contributed by atoms with Gasteiger partial charge in [0.1, 0.15) is 0 Å². The number of likely N-dealkylation sites (N-methyl/N-ethyl adjacent to an activating group) is 1. The third-order valence-electron chi connectivity index (χ3n) is 5.19. The molecule has 0 bridgehead atoms. The van der Waals surface area contributed by atoms with E-state index in [4.69, 9.17) is 5.73 Å². The van der Waals surface area contributed by atoms with Crippen molar-refractivity contribution in [3.8, 4) is 0 Å². The quantitative estimate of drug-likeness (QED) is 0.856. The van der Waals surface area contributed by atoms with Gasteiger partial charge in [0.25, 0.3) is 0 Å². The third kappa shape index (κ3) is 3.53. The van der Waals surface area contributed by atoms with E-state index >= 15 is 0 Å². The predicted molar refractivity (Wildman–Crippen MR) is 82.4 cm³/mol. The van der Waals surface area contributed by atoms with Crippen LogP contribution in [0.15, 0.2) is 0 Å². The van der Waals surface area contributed by atoms with Crippen molar-refractivity contribution in [1.82, 2.24) is 9.80 Å². The predicted octanol–water partition coefficient (Wildman–Crippen LogP) is 1.69. The Balaban J connectivity index is 2.08. The van der Waals surface area contributed by atoms with E-state index in [0.29, 0.717) is 24.4 Å². The van der Waals surface area contributed by atoms with Crippen LogP contribution in [0.5, 0.6) is 0 Å². The van der Waals surface area contributed by atoms with Gasteiger partial charge in [-0.3, -0.25) is 4.79 Å². The fourth-order valence-corrected chi connectivity index (χ4v) is 3.91. The molecule has 2 rings (SSSR count). The number of amides is 1. The van der Waals surface area contributed by atoms with Crippen LogP contribution >= 0.6 is 0 Å². The molecule has 20 heavy (non-hydrogen) atoms. The van der Waals surface area contributed by atoms with Crippen LogP contribution in [0.1, 0.15) is 45.4 Å². The van der Waals surface area contributed by atoms with Gasteiger partial charge in [-0.05, 0) is 51.7 Å². The fraction of sp³-hybridized carbons (Fsp3) is 0.938. The van der Waals surface area contributed by atoms with E-state index in [9.17, 15) is 4.79 Å². The number of hydrogen-bond donors (Lipinski definition) is 1. The molecule has 2 N–H and O–H groups in total. The van der Waals surface area contributed by atoms with Gasteiger partial charge in [0.05, 0.1) is 0 Å². The Morgan fingerprint density at radius 1 is 1.20 bits per heavy atom. The summed E-state index contributed by atoms with van der Waals surface area (Å²) in [6, 6.07) is 0.385. The monoisotopic (exact) mass is 281 g/mol. The van der Waals surface area contributed by atoms with Crippen molar-refractivity contribution < 1.29 is 4.79 Å². The fourth-order valence-electron chi connectivity index (χ4n) is 3.91. The van der Waals surface area contributed by atoms with Crippen molar-refractivity contribution in [2.24, 2.45) is 17.6 Å². The third-order valence-corrected chi connectivity index (χ3v) is 5.19. The van der Waals surface area contributed by atoms with Crippen molar-refractivity contribution >= 4 is 5.91 Å². The van der Waals surface area contributed by atoms with Crippen LogP contribution in [-0.2, 0) is 4.79 Å². The Morgan fingerprint density at radius 3 is 2.65 bits per heavy atom. The zero-order valence-electron chi connectivity index (χ0n) is 13.2. The molecule has 1 saturated heterocycles. The molecular formula is C16H31N3O. The molecule has 116 valence electrons. The molecule has 1 aliphatic carbocycles. The highest BCUT2D eigenvalue weighted by molar-refractivity contribution is 5.79. The van der Waals surface area contributed by atoms with Gasteiger partial charge in [-0.15, -0.1) is 0 Å². The van der Waals surface area contributed by atoms with Gasteiger partial charge in [-0.1, -0.05) is 19.8 Å². The number of hydrogen-bond acceptors (Lipinski definition) is 3. The summed E-state index contributed by atoms with van der Waals surface area (Å²) in [7, 11) is 2.17. The minimum atomic E-state index is 0.186. The summed E-state index contributed by atoms with van der Waals surface area (Å²) < 4.78 is 0. The Labute approximate surface area is 123 Å². The zero-order chi connectivity index (χ0) is 14.5. The second-order valence-corrected chi connectivity index (χ2v) is 6.60. The molecular weight excluding hydrogens is 250 g/mol. The van der Waals surface area contributed by atoms with Crippen molar-refractivity contribution in [2.75, 3.05) is 33.2 Å². The molecule has 4 nitrogen and oxygen atoms in total. The molecule has 1 saturated carbocycles. The van der Waals surface area contributed by atoms with E-state index in [1.54, 1.807) is 0 Å². The second kappa shape index (κ2) is 7.41. The minimum absolute atomic E-state index is 0.186. The van der Waals surface area contributed by atoms with E-state index in [0.717, 1.165) is 45.3 Å². The standard InChI is InChI=1S/C16H31N3O/c1-3-14-12-18(2)9-6-10-19(14)16(20)15-8-5-4-7-13(15)11-17/h13-15H,3-12,17H2,1-2H3. The van der Waals surface area contributed by atoms with Gasteiger partial charge in [-0.2, -0.15) is 0 Å². The first-order valence-corrected chi connectivity index (χ1v) is 8.36. The van der Waals surface area contributed by atoms with Crippen LogP contribution in [0.25, 0.3) is 0 Å². The van der Waals surface area contributed by atoms with Gasteiger partial charge in [0.15, 0.2) is 0 Å². The minimum Gasteiger partial charge on any atom is -0.338 e. The Hall–Kier alpha value is -0.610. The molecule has 0 radical (unpaired) electrons. The number of carbonyl (C=O) groups is 1. The van der Waals surface area contributed by atoms with Crippen LogP contribution in [0.3, 0.4) is 0 Å². The molecule has 0 aromatic rings. The lowest BCUT2D eigenvalue weighted by Crippen LogP contribution is -2.48. The Kier molecular flexibility index (Phi) is 5.85. The molecule has 0 aromatic heterocycles. The van der Waals surface area contributed by atoms with Gasteiger partial charge in [0.2, 0.25) is 5.91 Å². The van der Waals surface area contributed by atoms with Crippen LogP contribution in [0, 0.1) is 11.8 Å².